The minimum Gasteiger partial charge on any atom is -0.393 e. The third-order valence-electron chi connectivity index (χ3n) is 10.9. The van der Waals surface area contributed by atoms with Crippen LogP contribution in [0.4, 0.5) is 0 Å². The second-order valence-corrected chi connectivity index (χ2v) is 12.2. The summed E-state index contributed by atoms with van der Waals surface area (Å²) in [5.74, 6) is 2.66. The summed E-state index contributed by atoms with van der Waals surface area (Å²) in [5, 5.41) is 11.7. The first-order chi connectivity index (χ1) is 15.6. The van der Waals surface area contributed by atoms with Crippen molar-refractivity contribution in [3.8, 4) is 0 Å². The third-order valence-corrected chi connectivity index (χ3v) is 10.9. The normalized spacial score (nSPS) is 44.7. The van der Waals surface area contributed by atoms with Crippen LogP contribution in [-0.4, -0.2) is 42.1 Å². The van der Waals surface area contributed by atoms with Crippen molar-refractivity contribution in [2.45, 2.75) is 91.6 Å². The van der Waals surface area contributed by atoms with Crippen LogP contribution < -0.4 is 0 Å². The highest BCUT2D eigenvalue weighted by Gasteiger charge is 2.64. The van der Waals surface area contributed by atoms with E-state index < -0.39 is 0 Å². The Bertz CT molecular complexity index is 808. The van der Waals surface area contributed by atoms with Crippen molar-refractivity contribution >= 4 is 11.7 Å². The van der Waals surface area contributed by atoms with Gasteiger partial charge in [0.1, 0.15) is 0 Å². The molecule has 33 heavy (non-hydrogen) atoms. The lowest BCUT2D eigenvalue weighted by Gasteiger charge is -2.61. The van der Waals surface area contributed by atoms with E-state index in [2.05, 4.69) is 26.8 Å². The number of hydrogen-bond donors (Lipinski definition) is 1. The number of nitrogens with zero attached hydrogens (tertiary/aromatic N) is 1. The van der Waals surface area contributed by atoms with Gasteiger partial charge in [-0.2, -0.15) is 0 Å². The van der Waals surface area contributed by atoms with E-state index in [1.54, 1.807) is 7.05 Å². The van der Waals surface area contributed by atoms with Crippen LogP contribution in [0.15, 0.2) is 11.6 Å². The van der Waals surface area contributed by atoms with Gasteiger partial charge in [0.25, 0.3) is 0 Å². The molecule has 4 aliphatic carbocycles. The lowest BCUT2D eigenvalue weighted by Crippen LogP contribution is -2.58. The minimum atomic E-state index is -0.271. The number of hydroxylamine groups is 2. The van der Waals surface area contributed by atoms with Gasteiger partial charge in [0.05, 0.1) is 13.2 Å². The molecular formula is C28H45NO4. The van der Waals surface area contributed by atoms with Gasteiger partial charge in [-0.25, -0.2) is 5.06 Å². The zero-order valence-corrected chi connectivity index (χ0v) is 21.6. The molecule has 0 bridgehead atoms. The Morgan fingerprint density at radius 2 is 1.85 bits per heavy atom. The van der Waals surface area contributed by atoms with E-state index in [1.165, 1.54) is 18.6 Å². The molecule has 4 fully saturated rings. The number of fused-ring (bicyclic) bond motifs is 5. The van der Waals surface area contributed by atoms with Crippen LogP contribution >= 0.6 is 0 Å². The summed E-state index contributed by atoms with van der Waals surface area (Å²) in [4.78, 5) is 31.3. The van der Waals surface area contributed by atoms with Crippen molar-refractivity contribution in [2.24, 2.45) is 46.3 Å². The molecule has 0 aliphatic heterocycles. The number of aliphatic hydroxyl groups is 1. The Morgan fingerprint density at radius 3 is 2.52 bits per heavy atom. The van der Waals surface area contributed by atoms with Gasteiger partial charge in [-0.05, 0) is 104 Å². The fourth-order valence-electron chi connectivity index (χ4n) is 8.98. The molecule has 4 saturated carbocycles. The Kier molecular flexibility index (Phi) is 6.88. The number of allylic oxidation sites excluding steroid dienone is 2. The number of carbonyl (C=O) groups is 2. The molecule has 0 spiro atoms. The Balaban J connectivity index is 1.56. The quantitative estimate of drug-likeness (QED) is 0.454. The predicted octanol–water partition coefficient (Wildman–Crippen LogP) is 5.18. The van der Waals surface area contributed by atoms with E-state index in [-0.39, 0.29) is 34.7 Å². The first-order valence-electron chi connectivity index (χ1n) is 13.3. The van der Waals surface area contributed by atoms with Crippen molar-refractivity contribution < 1.29 is 19.5 Å². The molecule has 5 nitrogen and oxygen atoms in total. The number of amides is 1. The number of aliphatic hydroxyl groups excluding tert-OH is 1. The first-order valence-corrected chi connectivity index (χ1v) is 13.3. The van der Waals surface area contributed by atoms with Crippen LogP contribution in [0.1, 0.15) is 85.5 Å². The molecule has 4 unspecified atom stereocenters. The van der Waals surface area contributed by atoms with Crippen molar-refractivity contribution in [1.29, 1.82) is 0 Å². The summed E-state index contributed by atoms with van der Waals surface area (Å²) in [6.07, 6.45) is 10.4. The zero-order chi connectivity index (χ0) is 24.1. The van der Waals surface area contributed by atoms with Gasteiger partial charge < -0.3 is 5.11 Å². The molecule has 0 aromatic carbocycles. The van der Waals surface area contributed by atoms with Crippen LogP contribution in [-0.2, 0) is 14.4 Å². The standard InChI is InChI=1S/C28H45NO4/c1-7-19-23-16-18(30)12-14-28(23,4)22-13-15-27(3)20(9-10-21(27)25(22)26(19)32)17(2)8-11-24(31)29(5)33-6/h7,17-18,20-23,25,30H,8-16H2,1-6H3/b19-7+/t17-,18-,20?,21?,22?,23+,25?,27-,28-/m1/s1. The van der Waals surface area contributed by atoms with Crippen LogP contribution in [0.3, 0.4) is 0 Å². The highest BCUT2D eigenvalue weighted by Crippen LogP contribution is 2.68. The lowest BCUT2D eigenvalue weighted by molar-refractivity contribution is -0.169. The lowest BCUT2D eigenvalue weighted by atomic mass is 9.43. The summed E-state index contributed by atoms with van der Waals surface area (Å²) in [7, 11) is 3.20. The van der Waals surface area contributed by atoms with Crippen molar-refractivity contribution in [1.82, 2.24) is 5.06 Å². The molecule has 5 heteroatoms. The first kappa shape index (κ1) is 24.9. The Labute approximate surface area is 200 Å². The van der Waals surface area contributed by atoms with Crippen molar-refractivity contribution in [3.63, 3.8) is 0 Å². The molecule has 1 amide bonds. The maximum absolute atomic E-state index is 14.0. The molecule has 9 atom stereocenters. The van der Waals surface area contributed by atoms with E-state index >= 15 is 0 Å². The fraction of sp³-hybridized carbons (Fsp3) is 0.857. The maximum atomic E-state index is 14.0. The zero-order valence-electron chi connectivity index (χ0n) is 21.6. The predicted molar refractivity (Wildman–Crippen MR) is 129 cm³/mol. The van der Waals surface area contributed by atoms with E-state index in [9.17, 15) is 14.7 Å². The summed E-state index contributed by atoms with van der Waals surface area (Å²) < 4.78 is 0. The average molecular weight is 460 g/mol. The van der Waals surface area contributed by atoms with Gasteiger partial charge in [0.2, 0.25) is 5.91 Å². The molecule has 4 rings (SSSR count). The van der Waals surface area contributed by atoms with Gasteiger partial charge in [0.15, 0.2) is 5.78 Å². The van der Waals surface area contributed by atoms with E-state index in [1.807, 2.05) is 6.92 Å². The van der Waals surface area contributed by atoms with E-state index in [0.29, 0.717) is 35.9 Å². The molecule has 1 N–H and O–H groups in total. The highest BCUT2D eigenvalue weighted by atomic mass is 16.7. The Hall–Kier alpha value is -1.20. The van der Waals surface area contributed by atoms with Crippen LogP contribution in [0.25, 0.3) is 0 Å². The highest BCUT2D eigenvalue weighted by molar-refractivity contribution is 5.99. The molecule has 0 radical (unpaired) electrons. The van der Waals surface area contributed by atoms with Gasteiger partial charge in [-0.1, -0.05) is 26.8 Å². The number of hydrogen-bond acceptors (Lipinski definition) is 4. The maximum Gasteiger partial charge on any atom is 0.245 e. The van der Waals surface area contributed by atoms with Gasteiger partial charge in [0, 0.05) is 19.4 Å². The van der Waals surface area contributed by atoms with Crippen LogP contribution in [0.5, 0.6) is 0 Å². The average Bonchev–Trinajstić information content (AvgIpc) is 3.15. The molecule has 0 aromatic rings. The van der Waals surface area contributed by atoms with E-state index in [0.717, 1.165) is 50.5 Å². The van der Waals surface area contributed by atoms with Gasteiger partial charge >= 0.3 is 0 Å². The SMILES string of the molecule is C/C=C1/C(=O)C2C3CCC([C@H](C)CCC(=O)N(C)OC)[C@@]3(C)CCC2[C@@]2(C)CC[C@@H](O)C[C@@H]12. The molecule has 0 aromatic heterocycles. The molecule has 0 heterocycles. The number of ketones is 1. The van der Waals surface area contributed by atoms with Crippen molar-refractivity contribution in [2.75, 3.05) is 14.2 Å². The second kappa shape index (κ2) is 9.11. The summed E-state index contributed by atoms with van der Waals surface area (Å²) in [6, 6.07) is 0. The largest absolute Gasteiger partial charge is 0.393 e. The second-order valence-electron chi connectivity index (χ2n) is 12.2. The molecule has 0 saturated heterocycles. The van der Waals surface area contributed by atoms with Gasteiger partial charge in [-0.15, -0.1) is 0 Å². The summed E-state index contributed by atoms with van der Waals surface area (Å²) in [6.45, 7) is 9.20. The summed E-state index contributed by atoms with van der Waals surface area (Å²) in [5.41, 5.74) is 1.30. The van der Waals surface area contributed by atoms with Crippen LogP contribution in [0.2, 0.25) is 0 Å². The molecule has 4 aliphatic rings. The smallest absolute Gasteiger partial charge is 0.245 e. The Morgan fingerprint density at radius 1 is 1.18 bits per heavy atom. The van der Waals surface area contributed by atoms with E-state index in [4.69, 9.17) is 4.84 Å². The monoisotopic (exact) mass is 459 g/mol. The number of Topliss-reactive ketones (excluding diaryl/α,β-unsaturated/α-hetero) is 1. The number of rotatable bonds is 5. The number of carbonyl (C=O) groups excluding carboxylic acids is 2. The topological polar surface area (TPSA) is 66.8 Å². The van der Waals surface area contributed by atoms with Gasteiger partial charge in [-0.3, -0.25) is 14.4 Å². The summed E-state index contributed by atoms with van der Waals surface area (Å²) >= 11 is 0. The fourth-order valence-corrected chi connectivity index (χ4v) is 8.98. The van der Waals surface area contributed by atoms with Crippen LogP contribution in [0, 0.1) is 46.3 Å². The third kappa shape index (κ3) is 3.91. The van der Waals surface area contributed by atoms with Crippen molar-refractivity contribution in [3.05, 3.63) is 11.6 Å². The minimum absolute atomic E-state index is 0.0337. The molecular weight excluding hydrogens is 414 g/mol. The molecule has 186 valence electrons.